The third-order valence-electron chi connectivity index (χ3n) is 3.53. The number of benzene rings is 1. The topological polar surface area (TPSA) is 44.1 Å². The van der Waals surface area contributed by atoms with Crippen molar-refractivity contribution in [2.45, 2.75) is 12.3 Å². The van der Waals surface area contributed by atoms with Crippen LogP contribution in [0.5, 0.6) is 5.75 Å². The van der Waals surface area contributed by atoms with E-state index in [9.17, 15) is 4.79 Å². The van der Waals surface area contributed by atoms with Gasteiger partial charge in [-0.2, -0.15) is 5.10 Å². The van der Waals surface area contributed by atoms with Gasteiger partial charge in [-0.3, -0.25) is 9.48 Å². The molecule has 0 spiro atoms. The zero-order valence-electron chi connectivity index (χ0n) is 10.4. The third-order valence-corrected chi connectivity index (χ3v) is 3.53. The molecule has 0 amide bonds. The molecule has 1 aromatic carbocycles. The fourth-order valence-electron chi connectivity index (χ4n) is 2.51. The Bertz CT molecular complexity index is 616. The number of aryl methyl sites for hydroxylation is 1. The fraction of sp³-hybridized carbons (Fsp3) is 0.286. The summed E-state index contributed by atoms with van der Waals surface area (Å²) in [6, 6.07) is 8.06. The molecule has 18 heavy (non-hydrogen) atoms. The molecule has 0 aliphatic heterocycles. The molecular weight excluding hydrogens is 228 g/mol. The van der Waals surface area contributed by atoms with E-state index in [0.717, 1.165) is 12.0 Å². The van der Waals surface area contributed by atoms with Crippen LogP contribution in [0, 0.1) is 0 Å². The summed E-state index contributed by atoms with van der Waals surface area (Å²) < 4.78 is 6.78. The number of carbonyl (C=O) groups excluding carboxylic acids is 1. The molecule has 4 heteroatoms. The van der Waals surface area contributed by atoms with Gasteiger partial charge in [0.05, 0.1) is 19.2 Å². The first-order valence-electron chi connectivity index (χ1n) is 5.90. The second-order valence-electron chi connectivity index (χ2n) is 4.50. The van der Waals surface area contributed by atoms with Crippen molar-refractivity contribution in [2.24, 2.45) is 7.05 Å². The molecule has 1 heterocycles. The minimum atomic E-state index is -0.0505. The van der Waals surface area contributed by atoms with Gasteiger partial charge < -0.3 is 4.74 Å². The average molecular weight is 242 g/mol. The minimum absolute atomic E-state index is 0.0505. The van der Waals surface area contributed by atoms with Crippen LogP contribution in [-0.2, 0) is 13.5 Å². The quantitative estimate of drug-likeness (QED) is 0.773. The lowest BCUT2D eigenvalue weighted by Crippen LogP contribution is -2.27. The lowest BCUT2D eigenvalue weighted by atomic mass is 9.74. The number of nitrogens with zero attached hydrogens (tertiary/aromatic N) is 2. The summed E-state index contributed by atoms with van der Waals surface area (Å²) in [5.74, 6) is 0.586. The highest BCUT2D eigenvalue weighted by Gasteiger charge is 2.35. The number of aromatic nitrogens is 2. The van der Waals surface area contributed by atoms with Crippen LogP contribution in [0.1, 0.15) is 27.5 Å². The van der Waals surface area contributed by atoms with Gasteiger partial charge in [0, 0.05) is 7.05 Å². The Balaban J connectivity index is 1.96. The fourth-order valence-corrected chi connectivity index (χ4v) is 2.51. The Morgan fingerprint density at radius 1 is 1.44 bits per heavy atom. The van der Waals surface area contributed by atoms with Gasteiger partial charge in [0.25, 0.3) is 0 Å². The van der Waals surface area contributed by atoms with Crippen molar-refractivity contribution in [3.8, 4) is 5.75 Å². The first-order chi connectivity index (χ1) is 8.72. The highest BCUT2D eigenvalue weighted by Crippen LogP contribution is 2.38. The SMILES string of the molecule is COc1cnn(C)c1C(=O)C1Cc2ccccc21. The smallest absolute Gasteiger partial charge is 0.192 e. The molecule has 3 rings (SSSR count). The summed E-state index contributed by atoms with van der Waals surface area (Å²) >= 11 is 0. The summed E-state index contributed by atoms with van der Waals surface area (Å²) in [4.78, 5) is 12.5. The van der Waals surface area contributed by atoms with Gasteiger partial charge in [0.2, 0.25) is 0 Å². The van der Waals surface area contributed by atoms with Gasteiger partial charge in [0.15, 0.2) is 11.5 Å². The van der Waals surface area contributed by atoms with E-state index in [1.165, 1.54) is 5.56 Å². The summed E-state index contributed by atoms with van der Waals surface area (Å²) in [5.41, 5.74) is 2.94. The number of ketones is 1. The number of hydrogen-bond donors (Lipinski definition) is 0. The highest BCUT2D eigenvalue weighted by molar-refractivity contribution is 6.03. The van der Waals surface area contributed by atoms with Crippen molar-refractivity contribution in [3.05, 3.63) is 47.3 Å². The molecule has 2 aromatic rings. The van der Waals surface area contributed by atoms with E-state index in [-0.39, 0.29) is 11.7 Å². The monoisotopic (exact) mass is 242 g/mol. The van der Waals surface area contributed by atoms with Crippen LogP contribution < -0.4 is 4.74 Å². The molecule has 4 nitrogen and oxygen atoms in total. The molecule has 1 aliphatic carbocycles. The van der Waals surface area contributed by atoms with Gasteiger partial charge in [-0.15, -0.1) is 0 Å². The lowest BCUT2D eigenvalue weighted by molar-refractivity contribution is 0.0936. The lowest BCUT2D eigenvalue weighted by Gasteiger charge is -2.28. The molecular formula is C14H14N2O2. The predicted octanol–water partition coefficient (Wildman–Crippen LogP) is 1.95. The van der Waals surface area contributed by atoms with Crippen LogP contribution in [0.15, 0.2) is 30.5 Å². The highest BCUT2D eigenvalue weighted by atomic mass is 16.5. The van der Waals surface area contributed by atoms with Crippen molar-refractivity contribution >= 4 is 5.78 Å². The summed E-state index contributed by atoms with van der Waals surface area (Å²) in [7, 11) is 3.32. The van der Waals surface area contributed by atoms with Crippen molar-refractivity contribution in [1.29, 1.82) is 0 Å². The zero-order chi connectivity index (χ0) is 12.7. The first kappa shape index (κ1) is 11.0. The molecule has 0 bridgehead atoms. The second kappa shape index (κ2) is 3.98. The van der Waals surface area contributed by atoms with Gasteiger partial charge in [-0.25, -0.2) is 0 Å². The van der Waals surface area contributed by atoms with Crippen molar-refractivity contribution in [1.82, 2.24) is 9.78 Å². The van der Waals surface area contributed by atoms with Crippen LogP contribution in [0.25, 0.3) is 0 Å². The molecule has 0 fully saturated rings. The largest absolute Gasteiger partial charge is 0.493 e. The van der Waals surface area contributed by atoms with Crippen LogP contribution in [-0.4, -0.2) is 22.7 Å². The first-order valence-corrected chi connectivity index (χ1v) is 5.90. The summed E-state index contributed by atoms with van der Waals surface area (Å²) in [6.45, 7) is 0. The molecule has 0 saturated carbocycles. The summed E-state index contributed by atoms with van der Waals surface area (Å²) in [5, 5.41) is 4.08. The Kier molecular flexibility index (Phi) is 2.44. The number of fused-ring (bicyclic) bond motifs is 1. The number of ether oxygens (including phenoxy) is 1. The molecule has 0 N–H and O–H groups in total. The van der Waals surface area contributed by atoms with E-state index in [2.05, 4.69) is 11.2 Å². The second-order valence-corrected chi connectivity index (χ2v) is 4.50. The van der Waals surface area contributed by atoms with Crippen molar-refractivity contribution < 1.29 is 9.53 Å². The molecule has 1 aromatic heterocycles. The molecule has 1 unspecified atom stereocenters. The van der Waals surface area contributed by atoms with Gasteiger partial charge in [-0.1, -0.05) is 24.3 Å². The number of methoxy groups -OCH3 is 1. The maximum Gasteiger partial charge on any atom is 0.192 e. The third kappa shape index (κ3) is 1.45. The number of hydrogen-bond acceptors (Lipinski definition) is 3. The van der Waals surface area contributed by atoms with E-state index in [1.807, 2.05) is 18.2 Å². The molecule has 0 radical (unpaired) electrons. The number of Topliss-reactive ketones (excluding diaryl/α,β-unsaturated/α-hetero) is 1. The molecule has 1 atom stereocenters. The van der Waals surface area contributed by atoms with E-state index in [1.54, 1.807) is 25.0 Å². The number of carbonyl (C=O) groups is 1. The van der Waals surface area contributed by atoms with E-state index < -0.39 is 0 Å². The molecule has 92 valence electrons. The van der Waals surface area contributed by atoms with Crippen LogP contribution in [0.3, 0.4) is 0 Å². The van der Waals surface area contributed by atoms with Crippen LogP contribution in [0.2, 0.25) is 0 Å². The standard InChI is InChI=1S/C14H14N2O2/c1-16-13(12(18-2)8-15-16)14(17)11-7-9-5-3-4-6-10(9)11/h3-6,8,11H,7H2,1-2H3. The Morgan fingerprint density at radius 2 is 2.22 bits per heavy atom. The van der Waals surface area contributed by atoms with E-state index in [0.29, 0.717) is 11.4 Å². The Labute approximate surface area is 105 Å². The van der Waals surface area contributed by atoms with Gasteiger partial charge >= 0.3 is 0 Å². The zero-order valence-corrected chi connectivity index (χ0v) is 10.4. The van der Waals surface area contributed by atoms with Crippen LogP contribution >= 0.6 is 0 Å². The maximum atomic E-state index is 12.5. The predicted molar refractivity (Wildman–Crippen MR) is 67.0 cm³/mol. The Morgan fingerprint density at radius 3 is 2.94 bits per heavy atom. The molecule has 0 saturated heterocycles. The Hall–Kier alpha value is -2.10. The molecule has 1 aliphatic rings. The van der Waals surface area contributed by atoms with E-state index in [4.69, 9.17) is 4.74 Å². The van der Waals surface area contributed by atoms with Crippen molar-refractivity contribution in [3.63, 3.8) is 0 Å². The van der Waals surface area contributed by atoms with Gasteiger partial charge in [-0.05, 0) is 17.5 Å². The maximum absolute atomic E-state index is 12.5. The normalized spacial score (nSPS) is 16.9. The van der Waals surface area contributed by atoms with Crippen LogP contribution in [0.4, 0.5) is 0 Å². The van der Waals surface area contributed by atoms with E-state index >= 15 is 0 Å². The number of rotatable bonds is 3. The summed E-state index contributed by atoms with van der Waals surface area (Å²) in [6.07, 6.45) is 2.39. The minimum Gasteiger partial charge on any atom is -0.493 e. The van der Waals surface area contributed by atoms with Gasteiger partial charge in [0.1, 0.15) is 5.69 Å². The average Bonchev–Trinajstić information content (AvgIpc) is 2.72. The van der Waals surface area contributed by atoms with Crippen molar-refractivity contribution in [2.75, 3.05) is 7.11 Å².